The second-order valence-electron chi connectivity index (χ2n) is 4.39. The molecule has 0 heterocycles. The summed E-state index contributed by atoms with van der Waals surface area (Å²) in [6, 6.07) is 8.78. The number of ether oxygens (including phenoxy) is 1. The van der Waals surface area contributed by atoms with Crippen molar-refractivity contribution in [2.24, 2.45) is 0 Å². The van der Waals surface area contributed by atoms with E-state index in [9.17, 15) is 12.8 Å². The first-order valence-corrected chi connectivity index (χ1v) is 8.23. The third-order valence-electron chi connectivity index (χ3n) is 2.82. The number of hydrogen-bond acceptors (Lipinski definition) is 3. The molecule has 0 amide bonds. The topological polar surface area (TPSA) is 55.4 Å². The molecule has 0 aliphatic carbocycles. The minimum absolute atomic E-state index is 0.0405. The lowest BCUT2D eigenvalue weighted by Crippen LogP contribution is -2.14. The third-order valence-corrected chi connectivity index (χ3v) is 4.81. The van der Waals surface area contributed by atoms with E-state index >= 15 is 0 Å². The summed E-state index contributed by atoms with van der Waals surface area (Å²) in [6.45, 7) is 1.86. The highest BCUT2D eigenvalue weighted by molar-refractivity contribution is 9.10. The van der Waals surface area contributed by atoms with Crippen LogP contribution in [0.4, 0.5) is 10.1 Å². The van der Waals surface area contributed by atoms with Gasteiger partial charge in [-0.25, -0.2) is 12.8 Å². The molecule has 112 valence electrons. The van der Waals surface area contributed by atoms with E-state index in [4.69, 9.17) is 4.74 Å². The van der Waals surface area contributed by atoms with Gasteiger partial charge >= 0.3 is 0 Å². The predicted molar refractivity (Wildman–Crippen MR) is 82.6 cm³/mol. The van der Waals surface area contributed by atoms with Crippen molar-refractivity contribution in [1.82, 2.24) is 0 Å². The van der Waals surface area contributed by atoms with Crippen LogP contribution in [-0.2, 0) is 10.0 Å². The average Bonchev–Trinajstić information content (AvgIpc) is 2.42. The molecule has 0 spiro atoms. The van der Waals surface area contributed by atoms with Crippen LogP contribution < -0.4 is 9.46 Å². The molecule has 0 unspecified atom stereocenters. The van der Waals surface area contributed by atoms with Gasteiger partial charge in [0.15, 0.2) is 0 Å². The highest BCUT2D eigenvalue weighted by atomic mass is 79.9. The van der Waals surface area contributed by atoms with Gasteiger partial charge in [-0.15, -0.1) is 0 Å². The number of sulfonamides is 1. The lowest BCUT2D eigenvalue weighted by molar-refractivity contribution is 0.415. The number of hydrogen-bond donors (Lipinski definition) is 1. The largest absolute Gasteiger partial charge is 0.495 e. The Morgan fingerprint density at radius 3 is 2.38 bits per heavy atom. The molecule has 0 saturated heterocycles. The van der Waals surface area contributed by atoms with E-state index in [1.54, 1.807) is 12.1 Å². The van der Waals surface area contributed by atoms with Crippen LogP contribution in [0.5, 0.6) is 5.75 Å². The monoisotopic (exact) mass is 373 g/mol. The first-order valence-electron chi connectivity index (χ1n) is 5.96. The molecule has 2 rings (SSSR count). The fourth-order valence-corrected chi connectivity index (χ4v) is 3.08. The van der Waals surface area contributed by atoms with Crippen molar-refractivity contribution in [1.29, 1.82) is 0 Å². The van der Waals surface area contributed by atoms with E-state index in [2.05, 4.69) is 20.7 Å². The van der Waals surface area contributed by atoms with Gasteiger partial charge < -0.3 is 4.74 Å². The van der Waals surface area contributed by atoms with Gasteiger partial charge in [0.05, 0.1) is 22.2 Å². The Labute approximate surface area is 131 Å². The highest BCUT2D eigenvalue weighted by Gasteiger charge is 2.18. The molecule has 0 aliphatic rings. The quantitative estimate of drug-likeness (QED) is 0.888. The molecule has 2 aromatic carbocycles. The maximum atomic E-state index is 13.6. The number of aryl methyl sites for hydroxylation is 1. The molecular formula is C14H13BrFNO3S. The van der Waals surface area contributed by atoms with Crippen LogP contribution in [0.15, 0.2) is 45.8 Å². The summed E-state index contributed by atoms with van der Waals surface area (Å²) in [5.41, 5.74) is 0.986. The molecule has 0 bridgehead atoms. The van der Waals surface area contributed by atoms with Crippen molar-refractivity contribution in [3.05, 3.63) is 52.3 Å². The summed E-state index contributed by atoms with van der Waals surface area (Å²) in [5.74, 6) is -0.364. The maximum Gasteiger partial charge on any atom is 0.262 e. The van der Waals surface area contributed by atoms with Crippen molar-refractivity contribution in [3.8, 4) is 5.75 Å². The Morgan fingerprint density at radius 1 is 1.19 bits per heavy atom. The molecule has 0 radical (unpaired) electrons. The Morgan fingerprint density at radius 2 is 1.81 bits per heavy atom. The van der Waals surface area contributed by atoms with Gasteiger partial charge in [0.25, 0.3) is 10.0 Å². The Kier molecular flexibility index (Phi) is 4.53. The van der Waals surface area contributed by atoms with Crippen molar-refractivity contribution >= 4 is 31.6 Å². The molecule has 0 saturated carbocycles. The number of nitrogens with one attached hydrogen (secondary N) is 1. The van der Waals surface area contributed by atoms with E-state index in [1.165, 1.54) is 25.3 Å². The van der Waals surface area contributed by atoms with Crippen LogP contribution in [0.2, 0.25) is 0 Å². The van der Waals surface area contributed by atoms with Crippen LogP contribution in [0.3, 0.4) is 0 Å². The molecule has 1 N–H and O–H groups in total. The fraction of sp³-hybridized carbons (Fsp3) is 0.143. The minimum Gasteiger partial charge on any atom is -0.495 e. The predicted octanol–water partition coefficient (Wildman–Crippen LogP) is 3.71. The van der Waals surface area contributed by atoms with Gasteiger partial charge in [0, 0.05) is 6.07 Å². The van der Waals surface area contributed by atoms with Crippen LogP contribution >= 0.6 is 15.9 Å². The van der Waals surface area contributed by atoms with Crippen molar-refractivity contribution in [3.63, 3.8) is 0 Å². The summed E-state index contributed by atoms with van der Waals surface area (Å²) in [6.07, 6.45) is 0. The minimum atomic E-state index is -3.80. The van der Waals surface area contributed by atoms with E-state index in [-0.39, 0.29) is 20.8 Å². The molecule has 21 heavy (non-hydrogen) atoms. The highest BCUT2D eigenvalue weighted by Crippen LogP contribution is 2.32. The van der Waals surface area contributed by atoms with Crippen LogP contribution in [0.25, 0.3) is 0 Å². The zero-order valence-corrected chi connectivity index (χ0v) is 13.8. The molecule has 4 nitrogen and oxygen atoms in total. The van der Waals surface area contributed by atoms with E-state index < -0.39 is 15.8 Å². The number of anilines is 1. The number of methoxy groups -OCH3 is 1. The standard InChI is InChI=1S/C14H13BrFNO3S/c1-9-3-5-10(6-4-9)21(18,19)17-13-8-12(16)11(15)7-14(13)20-2/h3-8,17H,1-2H3. The van der Waals surface area contributed by atoms with Gasteiger partial charge in [0.1, 0.15) is 11.6 Å². The SMILES string of the molecule is COc1cc(Br)c(F)cc1NS(=O)(=O)c1ccc(C)cc1. The smallest absolute Gasteiger partial charge is 0.262 e. The summed E-state index contributed by atoms with van der Waals surface area (Å²) in [5, 5.41) is 0. The fourth-order valence-electron chi connectivity index (χ4n) is 1.70. The lowest BCUT2D eigenvalue weighted by Gasteiger charge is -2.13. The number of benzene rings is 2. The summed E-state index contributed by atoms with van der Waals surface area (Å²) >= 11 is 3.02. The first-order chi connectivity index (χ1) is 9.83. The second kappa shape index (κ2) is 6.03. The van der Waals surface area contributed by atoms with Crippen LogP contribution in [0, 0.1) is 12.7 Å². The molecule has 0 aliphatic heterocycles. The van der Waals surface area contributed by atoms with Gasteiger partial charge in [-0.05, 0) is 41.1 Å². The molecular weight excluding hydrogens is 361 g/mol. The second-order valence-corrected chi connectivity index (χ2v) is 6.92. The van der Waals surface area contributed by atoms with E-state index in [0.717, 1.165) is 11.6 Å². The Bertz CT molecular complexity index is 761. The average molecular weight is 374 g/mol. The van der Waals surface area contributed by atoms with E-state index in [1.807, 2.05) is 6.92 Å². The first kappa shape index (κ1) is 15.8. The van der Waals surface area contributed by atoms with Crippen LogP contribution in [0.1, 0.15) is 5.56 Å². The molecule has 2 aromatic rings. The Balaban J connectivity index is 2.41. The van der Waals surface area contributed by atoms with Gasteiger partial charge in [-0.1, -0.05) is 17.7 Å². The normalized spacial score (nSPS) is 11.2. The molecule has 0 atom stereocenters. The summed E-state index contributed by atoms with van der Waals surface area (Å²) in [7, 11) is -2.43. The summed E-state index contributed by atoms with van der Waals surface area (Å²) in [4.78, 5) is 0.0958. The number of rotatable bonds is 4. The number of halogens is 2. The van der Waals surface area contributed by atoms with Crippen molar-refractivity contribution < 1.29 is 17.5 Å². The van der Waals surface area contributed by atoms with Crippen LogP contribution in [-0.4, -0.2) is 15.5 Å². The van der Waals surface area contributed by atoms with Gasteiger partial charge in [-0.2, -0.15) is 0 Å². The van der Waals surface area contributed by atoms with Gasteiger partial charge in [-0.3, -0.25) is 4.72 Å². The summed E-state index contributed by atoms with van der Waals surface area (Å²) < 4.78 is 45.7. The van der Waals surface area contributed by atoms with Gasteiger partial charge in [0.2, 0.25) is 0 Å². The molecule has 0 aromatic heterocycles. The maximum absolute atomic E-state index is 13.6. The zero-order valence-electron chi connectivity index (χ0n) is 11.4. The Hall–Kier alpha value is -1.60. The molecule has 7 heteroatoms. The van der Waals surface area contributed by atoms with Crippen molar-refractivity contribution in [2.75, 3.05) is 11.8 Å². The third kappa shape index (κ3) is 3.54. The van der Waals surface area contributed by atoms with E-state index in [0.29, 0.717) is 0 Å². The molecule has 0 fully saturated rings. The lowest BCUT2D eigenvalue weighted by atomic mass is 10.2. The zero-order chi connectivity index (χ0) is 15.6. The van der Waals surface area contributed by atoms with Crippen molar-refractivity contribution in [2.45, 2.75) is 11.8 Å².